The van der Waals surface area contributed by atoms with E-state index in [-0.39, 0.29) is 0 Å². The number of carbonyl (C=O) groups is 1. The maximum absolute atomic E-state index is 12.3. The highest BCUT2D eigenvalue weighted by Crippen LogP contribution is 2.16. The summed E-state index contributed by atoms with van der Waals surface area (Å²) in [5, 5.41) is 2.09. The van der Waals surface area contributed by atoms with E-state index in [1.807, 2.05) is 29.4 Å². The Labute approximate surface area is 135 Å². The van der Waals surface area contributed by atoms with Gasteiger partial charge in [-0.2, -0.15) is 0 Å². The van der Waals surface area contributed by atoms with Crippen LogP contribution in [0.4, 0.5) is 5.69 Å². The number of carbonyl (C=O) groups excluding carboxylic acids is 1. The fourth-order valence-electron chi connectivity index (χ4n) is 2.80. The summed E-state index contributed by atoms with van der Waals surface area (Å²) in [6.07, 6.45) is 6.26. The molecule has 5 heteroatoms. The van der Waals surface area contributed by atoms with E-state index in [4.69, 9.17) is 0 Å². The van der Waals surface area contributed by atoms with Gasteiger partial charge in [0.15, 0.2) is 0 Å². The largest absolute Gasteiger partial charge is 0.368 e. The Morgan fingerprint density at radius 2 is 1.91 bits per heavy atom. The number of nitrogens with zero attached hydrogens (tertiary/aromatic N) is 3. The van der Waals surface area contributed by atoms with Crippen LogP contribution in [0.5, 0.6) is 0 Å². The molecule has 2 aromatic rings. The lowest BCUT2D eigenvalue weighted by molar-refractivity contribution is -0.131. The van der Waals surface area contributed by atoms with E-state index in [0.717, 1.165) is 39.0 Å². The van der Waals surface area contributed by atoms with E-state index in [0.29, 0.717) is 12.3 Å². The van der Waals surface area contributed by atoms with E-state index >= 15 is 0 Å². The third-order valence-corrected chi connectivity index (χ3v) is 4.99. The van der Waals surface area contributed by atoms with Crippen molar-refractivity contribution in [2.75, 3.05) is 31.1 Å². The zero-order chi connectivity index (χ0) is 15.2. The quantitative estimate of drug-likeness (QED) is 0.851. The van der Waals surface area contributed by atoms with Crippen LogP contribution < -0.4 is 4.90 Å². The molecule has 1 fully saturated rings. The van der Waals surface area contributed by atoms with Crippen molar-refractivity contribution in [1.29, 1.82) is 0 Å². The number of hydrogen-bond acceptors (Lipinski definition) is 4. The summed E-state index contributed by atoms with van der Waals surface area (Å²) in [5.41, 5.74) is 1.19. The van der Waals surface area contributed by atoms with Crippen LogP contribution >= 0.6 is 11.3 Å². The van der Waals surface area contributed by atoms with Gasteiger partial charge in [-0.15, -0.1) is 11.3 Å². The molecule has 0 saturated carbocycles. The highest BCUT2D eigenvalue weighted by molar-refractivity contribution is 7.09. The summed E-state index contributed by atoms with van der Waals surface area (Å²) in [6, 6.07) is 8.26. The second kappa shape index (κ2) is 7.40. The van der Waals surface area contributed by atoms with Crippen molar-refractivity contribution in [2.45, 2.75) is 19.3 Å². The average Bonchev–Trinajstić information content (AvgIpc) is 3.09. The Morgan fingerprint density at radius 3 is 2.59 bits per heavy atom. The number of aryl methyl sites for hydroxylation is 1. The minimum Gasteiger partial charge on any atom is -0.368 e. The molecule has 1 saturated heterocycles. The fourth-order valence-corrected chi connectivity index (χ4v) is 3.55. The van der Waals surface area contributed by atoms with Gasteiger partial charge in [0.05, 0.1) is 0 Å². The molecule has 0 bridgehead atoms. The van der Waals surface area contributed by atoms with Gasteiger partial charge in [0.2, 0.25) is 5.91 Å². The molecule has 4 nitrogen and oxygen atoms in total. The van der Waals surface area contributed by atoms with Crippen LogP contribution in [0.15, 0.2) is 42.0 Å². The third kappa shape index (κ3) is 3.85. The maximum Gasteiger partial charge on any atom is 0.222 e. The van der Waals surface area contributed by atoms with Gasteiger partial charge in [-0.25, -0.2) is 0 Å². The average molecular weight is 315 g/mol. The molecular formula is C17H21N3OS. The van der Waals surface area contributed by atoms with Crippen molar-refractivity contribution in [2.24, 2.45) is 0 Å². The van der Waals surface area contributed by atoms with E-state index in [9.17, 15) is 4.79 Å². The number of thiophene rings is 1. The summed E-state index contributed by atoms with van der Waals surface area (Å²) in [4.78, 5) is 22.0. The molecule has 0 aromatic carbocycles. The summed E-state index contributed by atoms with van der Waals surface area (Å²) in [6.45, 7) is 3.45. The number of pyridine rings is 1. The number of hydrogen-bond donors (Lipinski definition) is 0. The number of piperazine rings is 1. The highest BCUT2D eigenvalue weighted by atomic mass is 32.1. The van der Waals surface area contributed by atoms with Gasteiger partial charge in [0.25, 0.3) is 0 Å². The second-order valence-electron chi connectivity index (χ2n) is 5.51. The molecule has 2 aromatic heterocycles. The summed E-state index contributed by atoms with van der Waals surface area (Å²) < 4.78 is 0. The molecule has 0 atom stereocenters. The zero-order valence-corrected chi connectivity index (χ0v) is 13.5. The SMILES string of the molecule is O=C(CCCc1cccs1)N1CCN(c2ccncc2)CC1. The number of amides is 1. The molecule has 116 valence electrons. The third-order valence-electron chi connectivity index (χ3n) is 4.05. The maximum atomic E-state index is 12.3. The molecule has 1 amide bonds. The first kappa shape index (κ1) is 15.0. The van der Waals surface area contributed by atoms with Crippen molar-refractivity contribution in [3.63, 3.8) is 0 Å². The van der Waals surface area contributed by atoms with E-state index in [1.165, 1.54) is 10.6 Å². The van der Waals surface area contributed by atoms with Crippen molar-refractivity contribution in [3.8, 4) is 0 Å². The first-order chi connectivity index (χ1) is 10.8. The fraction of sp³-hybridized carbons (Fsp3) is 0.412. The number of anilines is 1. The smallest absolute Gasteiger partial charge is 0.222 e. The molecule has 3 rings (SSSR count). The Morgan fingerprint density at radius 1 is 1.14 bits per heavy atom. The number of rotatable bonds is 5. The molecule has 3 heterocycles. The van der Waals surface area contributed by atoms with Crippen molar-refractivity contribution in [1.82, 2.24) is 9.88 Å². The van der Waals surface area contributed by atoms with Crippen LogP contribution in [-0.2, 0) is 11.2 Å². The van der Waals surface area contributed by atoms with Crippen molar-refractivity contribution < 1.29 is 4.79 Å². The van der Waals surface area contributed by atoms with Gasteiger partial charge in [0, 0.05) is 55.6 Å². The number of aromatic nitrogens is 1. The van der Waals surface area contributed by atoms with Crippen molar-refractivity contribution >= 4 is 22.9 Å². The Balaban J connectivity index is 1.42. The second-order valence-corrected chi connectivity index (χ2v) is 6.54. The Bertz CT molecular complexity index is 577. The first-order valence-corrected chi connectivity index (χ1v) is 8.66. The van der Waals surface area contributed by atoms with E-state index < -0.39 is 0 Å². The minimum absolute atomic E-state index is 0.297. The molecule has 0 aliphatic carbocycles. The molecule has 0 unspecified atom stereocenters. The van der Waals surface area contributed by atoms with Crippen LogP contribution in [0, 0.1) is 0 Å². The molecule has 0 spiro atoms. The van der Waals surface area contributed by atoms with Gasteiger partial charge >= 0.3 is 0 Å². The Kier molecular flexibility index (Phi) is 5.06. The van der Waals surface area contributed by atoms with E-state index in [2.05, 4.69) is 27.4 Å². The highest BCUT2D eigenvalue weighted by Gasteiger charge is 2.20. The topological polar surface area (TPSA) is 36.4 Å². The predicted molar refractivity (Wildman–Crippen MR) is 90.3 cm³/mol. The van der Waals surface area contributed by atoms with Crippen LogP contribution in [-0.4, -0.2) is 42.0 Å². The zero-order valence-electron chi connectivity index (χ0n) is 12.6. The molecule has 0 radical (unpaired) electrons. The van der Waals surface area contributed by atoms with Crippen LogP contribution in [0.2, 0.25) is 0 Å². The van der Waals surface area contributed by atoms with Gasteiger partial charge < -0.3 is 9.80 Å². The Hall–Kier alpha value is -1.88. The lowest BCUT2D eigenvalue weighted by atomic mass is 10.2. The normalized spacial score (nSPS) is 15.1. The first-order valence-electron chi connectivity index (χ1n) is 7.78. The predicted octanol–water partition coefficient (Wildman–Crippen LogP) is 2.81. The summed E-state index contributed by atoms with van der Waals surface area (Å²) >= 11 is 1.77. The van der Waals surface area contributed by atoms with Gasteiger partial charge in [-0.1, -0.05) is 6.07 Å². The molecule has 1 aliphatic rings. The molecule has 0 N–H and O–H groups in total. The minimum atomic E-state index is 0.297. The lowest BCUT2D eigenvalue weighted by Crippen LogP contribution is -2.48. The lowest BCUT2D eigenvalue weighted by Gasteiger charge is -2.36. The van der Waals surface area contributed by atoms with Gasteiger partial charge in [-0.05, 0) is 36.4 Å². The van der Waals surface area contributed by atoms with Gasteiger partial charge in [0.1, 0.15) is 0 Å². The summed E-state index contributed by atoms with van der Waals surface area (Å²) in [5.74, 6) is 0.297. The van der Waals surface area contributed by atoms with Crippen LogP contribution in [0.25, 0.3) is 0 Å². The monoisotopic (exact) mass is 315 g/mol. The van der Waals surface area contributed by atoms with Crippen molar-refractivity contribution in [3.05, 3.63) is 46.9 Å². The van der Waals surface area contributed by atoms with Crippen LogP contribution in [0.3, 0.4) is 0 Å². The van der Waals surface area contributed by atoms with Gasteiger partial charge in [-0.3, -0.25) is 9.78 Å². The standard InChI is InChI=1S/C17H21N3OS/c21-17(5-1-3-16-4-2-14-22-16)20-12-10-19(11-13-20)15-6-8-18-9-7-15/h2,4,6-9,14H,1,3,5,10-13H2. The molecular weight excluding hydrogens is 294 g/mol. The van der Waals surface area contributed by atoms with E-state index in [1.54, 1.807) is 11.3 Å². The van der Waals surface area contributed by atoms with Crippen LogP contribution in [0.1, 0.15) is 17.7 Å². The summed E-state index contributed by atoms with van der Waals surface area (Å²) in [7, 11) is 0. The molecule has 22 heavy (non-hydrogen) atoms. The molecule has 1 aliphatic heterocycles.